The lowest BCUT2D eigenvalue weighted by molar-refractivity contribution is 0.158. The summed E-state index contributed by atoms with van der Waals surface area (Å²) >= 11 is 4.60. The summed E-state index contributed by atoms with van der Waals surface area (Å²) in [6.45, 7) is 14.2. The predicted molar refractivity (Wildman–Crippen MR) is 103 cm³/mol. The number of nitrogens with zero attached hydrogens (tertiary/aromatic N) is 2. The maximum Gasteiger partial charge on any atom is 0.0874 e. The summed E-state index contributed by atoms with van der Waals surface area (Å²) in [6, 6.07) is 0.652. The highest BCUT2D eigenvalue weighted by Crippen LogP contribution is 2.33. The van der Waals surface area contributed by atoms with Crippen LogP contribution in [0.4, 0.5) is 0 Å². The Morgan fingerprint density at radius 3 is 1.86 bits per heavy atom. The Bertz CT molecular complexity index is 307. The first-order valence-corrected chi connectivity index (χ1v) is 9.54. The van der Waals surface area contributed by atoms with Gasteiger partial charge in [0.2, 0.25) is 0 Å². The molecular formula is C18H39N3S. The van der Waals surface area contributed by atoms with E-state index in [2.05, 4.69) is 64.1 Å². The molecule has 0 aromatic carbocycles. The minimum Gasteiger partial charge on any atom is -0.400 e. The summed E-state index contributed by atoms with van der Waals surface area (Å²) in [4.78, 5) is 4.83. The van der Waals surface area contributed by atoms with Crippen molar-refractivity contribution in [1.82, 2.24) is 9.80 Å². The molecule has 2 aliphatic heterocycles. The SMILES string of the molecule is CCC.CCC.CCC1CN(C2CCN(C)CC2)C(S)=C1N. The van der Waals surface area contributed by atoms with Crippen molar-refractivity contribution in [3.8, 4) is 0 Å². The van der Waals surface area contributed by atoms with Crippen molar-refractivity contribution in [1.29, 1.82) is 0 Å². The van der Waals surface area contributed by atoms with Gasteiger partial charge in [-0.2, -0.15) is 0 Å². The Morgan fingerprint density at radius 1 is 1.05 bits per heavy atom. The van der Waals surface area contributed by atoms with Gasteiger partial charge in [0.25, 0.3) is 0 Å². The second kappa shape index (κ2) is 12.1. The average molecular weight is 330 g/mol. The zero-order valence-corrected chi connectivity index (χ0v) is 16.6. The topological polar surface area (TPSA) is 32.5 Å². The fourth-order valence-corrected chi connectivity index (χ4v) is 3.18. The third-order valence-electron chi connectivity index (χ3n) is 4.01. The van der Waals surface area contributed by atoms with Crippen LogP contribution in [0.15, 0.2) is 10.7 Å². The van der Waals surface area contributed by atoms with Gasteiger partial charge in [0, 0.05) is 24.2 Å². The van der Waals surface area contributed by atoms with Crippen LogP contribution in [0.2, 0.25) is 0 Å². The Balaban J connectivity index is 0.000000639. The van der Waals surface area contributed by atoms with Gasteiger partial charge < -0.3 is 15.5 Å². The first-order chi connectivity index (χ1) is 10.5. The summed E-state index contributed by atoms with van der Waals surface area (Å²) in [5, 5.41) is 1.04. The van der Waals surface area contributed by atoms with E-state index in [4.69, 9.17) is 5.73 Å². The van der Waals surface area contributed by atoms with Crippen LogP contribution < -0.4 is 5.73 Å². The van der Waals surface area contributed by atoms with Gasteiger partial charge in [-0.1, -0.05) is 47.5 Å². The van der Waals surface area contributed by atoms with Crippen molar-refractivity contribution in [2.24, 2.45) is 11.7 Å². The second-order valence-electron chi connectivity index (χ2n) is 6.49. The summed E-state index contributed by atoms with van der Waals surface area (Å²) in [6.07, 6.45) is 6.10. The number of piperidine rings is 1. The smallest absolute Gasteiger partial charge is 0.0874 e. The van der Waals surface area contributed by atoms with Crippen molar-refractivity contribution < 1.29 is 0 Å². The molecule has 0 aliphatic carbocycles. The van der Waals surface area contributed by atoms with Crippen molar-refractivity contribution in [3.05, 3.63) is 10.7 Å². The lowest BCUT2D eigenvalue weighted by Crippen LogP contribution is -2.42. The number of hydrogen-bond donors (Lipinski definition) is 2. The van der Waals surface area contributed by atoms with Crippen molar-refractivity contribution >= 4 is 12.6 Å². The van der Waals surface area contributed by atoms with Crippen LogP contribution in [0.1, 0.15) is 66.7 Å². The highest BCUT2D eigenvalue weighted by atomic mass is 32.1. The van der Waals surface area contributed by atoms with E-state index < -0.39 is 0 Å². The molecule has 132 valence electrons. The van der Waals surface area contributed by atoms with E-state index in [1.54, 1.807) is 0 Å². The Hall–Kier alpha value is -0.350. The normalized spacial score (nSPS) is 22.9. The minimum absolute atomic E-state index is 0.521. The quantitative estimate of drug-likeness (QED) is 0.740. The molecule has 1 fully saturated rings. The number of nitrogens with two attached hydrogens (primary N) is 1. The molecule has 4 heteroatoms. The molecule has 2 N–H and O–H groups in total. The van der Waals surface area contributed by atoms with E-state index >= 15 is 0 Å². The van der Waals surface area contributed by atoms with Gasteiger partial charge >= 0.3 is 0 Å². The summed E-state index contributed by atoms with van der Waals surface area (Å²) in [5.41, 5.74) is 7.11. The Labute approximate surface area is 144 Å². The average Bonchev–Trinajstić information content (AvgIpc) is 2.78. The van der Waals surface area contributed by atoms with E-state index in [-0.39, 0.29) is 0 Å². The van der Waals surface area contributed by atoms with Crippen LogP contribution >= 0.6 is 12.6 Å². The molecule has 22 heavy (non-hydrogen) atoms. The first kappa shape index (κ1) is 21.6. The fourth-order valence-electron chi connectivity index (χ4n) is 2.75. The maximum absolute atomic E-state index is 6.11. The summed E-state index contributed by atoms with van der Waals surface area (Å²) in [7, 11) is 2.20. The molecule has 3 nitrogen and oxygen atoms in total. The third kappa shape index (κ3) is 6.82. The Kier molecular flexibility index (Phi) is 11.9. The van der Waals surface area contributed by atoms with Gasteiger partial charge in [-0.25, -0.2) is 0 Å². The molecule has 0 aromatic rings. The molecule has 0 radical (unpaired) electrons. The van der Waals surface area contributed by atoms with Gasteiger partial charge in [-0.15, -0.1) is 12.6 Å². The van der Waals surface area contributed by atoms with Gasteiger partial charge in [0.05, 0.1) is 5.03 Å². The van der Waals surface area contributed by atoms with Crippen molar-refractivity contribution in [3.63, 3.8) is 0 Å². The van der Waals surface area contributed by atoms with Crippen LogP contribution in [-0.4, -0.2) is 42.5 Å². The lowest BCUT2D eigenvalue weighted by Gasteiger charge is -2.36. The van der Waals surface area contributed by atoms with Crippen molar-refractivity contribution in [2.75, 3.05) is 26.7 Å². The number of hydrogen-bond acceptors (Lipinski definition) is 4. The fraction of sp³-hybridized carbons (Fsp3) is 0.889. The van der Waals surface area contributed by atoms with E-state index in [1.165, 1.54) is 38.8 Å². The van der Waals surface area contributed by atoms with Gasteiger partial charge in [0.1, 0.15) is 0 Å². The minimum atomic E-state index is 0.521. The monoisotopic (exact) mass is 329 g/mol. The highest BCUT2D eigenvalue weighted by molar-refractivity contribution is 7.84. The number of thiol groups is 1. The second-order valence-corrected chi connectivity index (χ2v) is 6.91. The molecule has 0 aromatic heterocycles. The zero-order chi connectivity index (χ0) is 17.1. The lowest BCUT2D eigenvalue weighted by atomic mass is 10.0. The molecule has 2 rings (SSSR count). The molecule has 0 bridgehead atoms. The molecule has 1 saturated heterocycles. The summed E-state index contributed by atoms with van der Waals surface area (Å²) < 4.78 is 0. The molecule has 0 amide bonds. The highest BCUT2D eigenvalue weighted by Gasteiger charge is 2.32. The molecule has 0 saturated carbocycles. The first-order valence-electron chi connectivity index (χ1n) is 9.10. The van der Waals surface area contributed by atoms with Crippen LogP contribution in [-0.2, 0) is 0 Å². The maximum atomic E-state index is 6.11. The standard InChI is InChI=1S/C12H23N3S.2C3H8/c1-3-9-8-15(12(16)11(9)13)10-4-6-14(2)7-5-10;2*1-3-2/h9-10,16H,3-8,13H2,1-2H3;2*3H2,1-2H3. The van der Waals surface area contributed by atoms with Gasteiger partial charge in [0.15, 0.2) is 0 Å². The molecular weight excluding hydrogens is 290 g/mol. The largest absolute Gasteiger partial charge is 0.400 e. The molecule has 2 heterocycles. The third-order valence-corrected chi connectivity index (χ3v) is 4.52. The van der Waals surface area contributed by atoms with Crippen LogP contribution in [0, 0.1) is 5.92 Å². The van der Waals surface area contributed by atoms with Crippen LogP contribution in [0.3, 0.4) is 0 Å². The van der Waals surface area contributed by atoms with Gasteiger partial charge in [-0.3, -0.25) is 0 Å². The van der Waals surface area contributed by atoms with Crippen molar-refractivity contribution in [2.45, 2.75) is 72.8 Å². The number of rotatable bonds is 2. The summed E-state index contributed by atoms with van der Waals surface area (Å²) in [5.74, 6) is 0.521. The Morgan fingerprint density at radius 2 is 1.50 bits per heavy atom. The molecule has 2 aliphatic rings. The van der Waals surface area contributed by atoms with Crippen LogP contribution in [0.25, 0.3) is 0 Å². The van der Waals surface area contributed by atoms with Crippen LogP contribution in [0.5, 0.6) is 0 Å². The molecule has 1 unspecified atom stereocenters. The predicted octanol–water partition coefficient (Wildman–Crippen LogP) is 4.31. The number of likely N-dealkylation sites (tertiary alicyclic amines) is 1. The zero-order valence-electron chi connectivity index (χ0n) is 15.7. The molecule has 1 atom stereocenters. The van der Waals surface area contributed by atoms with E-state index in [0.29, 0.717) is 12.0 Å². The molecule has 0 spiro atoms. The van der Waals surface area contributed by atoms with E-state index in [1.807, 2.05) is 0 Å². The van der Waals surface area contributed by atoms with Gasteiger partial charge in [-0.05, 0) is 39.4 Å². The van der Waals surface area contributed by atoms with E-state index in [9.17, 15) is 0 Å². The van der Waals surface area contributed by atoms with E-state index in [0.717, 1.165) is 23.7 Å².